The summed E-state index contributed by atoms with van der Waals surface area (Å²) >= 11 is 0. The normalized spacial score (nSPS) is 19.2. The van der Waals surface area contributed by atoms with Gasteiger partial charge in [0.25, 0.3) is 0 Å². The molecule has 3 heterocycles. The van der Waals surface area contributed by atoms with E-state index >= 15 is 0 Å². The van der Waals surface area contributed by atoms with Crippen molar-refractivity contribution in [3.05, 3.63) is 17.3 Å². The molecule has 1 fully saturated rings. The van der Waals surface area contributed by atoms with Gasteiger partial charge in [0.05, 0.1) is 5.69 Å². The van der Waals surface area contributed by atoms with Crippen molar-refractivity contribution in [1.82, 2.24) is 20.4 Å². The second-order valence-corrected chi connectivity index (χ2v) is 5.09. The van der Waals surface area contributed by atoms with Gasteiger partial charge in [-0.2, -0.15) is 5.10 Å². The quantitative estimate of drug-likeness (QED) is 0.758. The fourth-order valence-corrected chi connectivity index (χ4v) is 2.64. The zero-order valence-electron chi connectivity index (χ0n) is 11.2. The van der Waals surface area contributed by atoms with E-state index in [4.69, 9.17) is 0 Å². The Bertz CT molecular complexity index is 482. The Morgan fingerprint density at radius 1 is 1.26 bits per heavy atom. The molecule has 0 saturated carbocycles. The van der Waals surface area contributed by atoms with Crippen molar-refractivity contribution in [1.29, 1.82) is 0 Å². The van der Waals surface area contributed by atoms with Crippen molar-refractivity contribution in [2.45, 2.75) is 19.9 Å². The number of fused-ring (bicyclic) bond motifs is 1. The number of piperazine rings is 1. The van der Waals surface area contributed by atoms with Gasteiger partial charge in [0, 0.05) is 52.6 Å². The Kier molecular flexibility index (Phi) is 3.33. The van der Waals surface area contributed by atoms with E-state index in [1.54, 1.807) is 6.92 Å². The third-order valence-corrected chi connectivity index (χ3v) is 3.85. The van der Waals surface area contributed by atoms with Crippen LogP contribution in [0.4, 0.5) is 5.82 Å². The maximum absolute atomic E-state index is 11.3. The van der Waals surface area contributed by atoms with Crippen LogP contribution in [0, 0.1) is 0 Å². The zero-order valence-corrected chi connectivity index (χ0v) is 11.2. The number of rotatable bonds is 1. The molecule has 0 atom stereocenters. The standard InChI is InChI=1S/C13H19N5O/c1-10(19)17-4-6-18(7-5-17)13-8-11-9-14-3-2-12(11)15-16-13/h8,14H,2-7,9H2,1H3. The molecule has 3 rings (SSSR count). The van der Waals surface area contributed by atoms with Gasteiger partial charge in [0.2, 0.25) is 5.91 Å². The van der Waals surface area contributed by atoms with Crippen LogP contribution in [-0.2, 0) is 17.8 Å². The van der Waals surface area contributed by atoms with E-state index in [0.29, 0.717) is 0 Å². The molecular formula is C13H19N5O. The monoisotopic (exact) mass is 261 g/mol. The fraction of sp³-hybridized carbons (Fsp3) is 0.615. The summed E-state index contributed by atoms with van der Waals surface area (Å²) < 4.78 is 0. The first-order chi connectivity index (χ1) is 9.24. The van der Waals surface area contributed by atoms with Crippen molar-refractivity contribution in [3.63, 3.8) is 0 Å². The van der Waals surface area contributed by atoms with Gasteiger partial charge in [-0.3, -0.25) is 4.79 Å². The summed E-state index contributed by atoms with van der Waals surface area (Å²) in [7, 11) is 0. The van der Waals surface area contributed by atoms with Crippen LogP contribution in [0.1, 0.15) is 18.2 Å². The SMILES string of the molecule is CC(=O)N1CCN(c2cc3c(nn2)CCNC3)CC1. The number of amides is 1. The summed E-state index contributed by atoms with van der Waals surface area (Å²) in [6.07, 6.45) is 0.959. The molecule has 0 bridgehead atoms. The summed E-state index contributed by atoms with van der Waals surface area (Å²) in [6, 6.07) is 2.14. The summed E-state index contributed by atoms with van der Waals surface area (Å²) in [6.45, 7) is 6.70. The summed E-state index contributed by atoms with van der Waals surface area (Å²) in [4.78, 5) is 15.4. The number of nitrogens with zero attached hydrogens (tertiary/aromatic N) is 4. The van der Waals surface area contributed by atoms with Crippen LogP contribution in [-0.4, -0.2) is 53.7 Å². The van der Waals surface area contributed by atoms with E-state index in [1.807, 2.05) is 4.90 Å². The molecule has 1 saturated heterocycles. The Balaban J connectivity index is 1.71. The Hall–Kier alpha value is -1.69. The molecule has 0 aliphatic carbocycles. The smallest absolute Gasteiger partial charge is 0.219 e. The highest BCUT2D eigenvalue weighted by atomic mass is 16.2. The first kappa shape index (κ1) is 12.3. The maximum atomic E-state index is 11.3. The van der Waals surface area contributed by atoms with Crippen LogP contribution >= 0.6 is 0 Å². The minimum absolute atomic E-state index is 0.153. The molecule has 0 radical (unpaired) electrons. The molecule has 102 valence electrons. The van der Waals surface area contributed by atoms with Crippen molar-refractivity contribution in [3.8, 4) is 0 Å². The van der Waals surface area contributed by atoms with Crippen LogP contribution in [0.3, 0.4) is 0 Å². The number of carbonyl (C=O) groups is 1. The molecule has 0 spiro atoms. The van der Waals surface area contributed by atoms with Gasteiger partial charge in [0.15, 0.2) is 5.82 Å². The third kappa shape index (κ3) is 2.53. The highest BCUT2D eigenvalue weighted by molar-refractivity contribution is 5.73. The highest BCUT2D eigenvalue weighted by Gasteiger charge is 2.21. The van der Waals surface area contributed by atoms with Gasteiger partial charge < -0.3 is 15.1 Å². The van der Waals surface area contributed by atoms with Crippen LogP contribution in [0.5, 0.6) is 0 Å². The van der Waals surface area contributed by atoms with E-state index < -0.39 is 0 Å². The minimum Gasteiger partial charge on any atom is -0.352 e. The third-order valence-electron chi connectivity index (χ3n) is 3.85. The van der Waals surface area contributed by atoms with Crippen LogP contribution < -0.4 is 10.2 Å². The number of nitrogens with one attached hydrogen (secondary N) is 1. The molecule has 1 N–H and O–H groups in total. The molecular weight excluding hydrogens is 242 g/mol. The largest absolute Gasteiger partial charge is 0.352 e. The Morgan fingerprint density at radius 3 is 2.79 bits per heavy atom. The van der Waals surface area contributed by atoms with E-state index in [1.165, 1.54) is 5.56 Å². The average molecular weight is 261 g/mol. The van der Waals surface area contributed by atoms with E-state index in [9.17, 15) is 4.79 Å². The van der Waals surface area contributed by atoms with Crippen molar-refractivity contribution >= 4 is 11.7 Å². The molecule has 0 aromatic carbocycles. The predicted molar refractivity (Wildman–Crippen MR) is 71.9 cm³/mol. The van der Waals surface area contributed by atoms with Crippen LogP contribution in [0.15, 0.2) is 6.07 Å². The van der Waals surface area contributed by atoms with E-state index in [-0.39, 0.29) is 5.91 Å². The molecule has 1 amide bonds. The van der Waals surface area contributed by atoms with E-state index in [2.05, 4.69) is 26.5 Å². The van der Waals surface area contributed by atoms with Gasteiger partial charge in [-0.1, -0.05) is 0 Å². The lowest BCUT2D eigenvalue weighted by Gasteiger charge is -2.35. The number of anilines is 1. The molecule has 6 heteroatoms. The summed E-state index contributed by atoms with van der Waals surface area (Å²) in [5.74, 6) is 1.09. The van der Waals surface area contributed by atoms with Gasteiger partial charge in [-0.05, 0) is 11.6 Å². The lowest BCUT2D eigenvalue weighted by Crippen LogP contribution is -2.48. The summed E-state index contributed by atoms with van der Waals surface area (Å²) in [5, 5.41) is 12.0. The fourth-order valence-electron chi connectivity index (χ4n) is 2.64. The number of hydrogen-bond acceptors (Lipinski definition) is 5. The van der Waals surface area contributed by atoms with Gasteiger partial charge in [0.1, 0.15) is 0 Å². The topological polar surface area (TPSA) is 61.4 Å². The number of aromatic nitrogens is 2. The average Bonchev–Trinajstić information content (AvgIpc) is 2.47. The predicted octanol–water partition coefficient (Wildman–Crippen LogP) is -0.209. The van der Waals surface area contributed by atoms with Crippen LogP contribution in [0.25, 0.3) is 0 Å². The molecule has 0 unspecified atom stereocenters. The summed E-state index contributed by atoms with van der Waals surface area (Å²) in [5.41, 5.74) is 2.37. The van der Waals surface area contributed by atoms with E-state index in [0.717, 1.165) is 57.2 Å². The zero-order chi connectivity index (χ0) is 13.2. The lowest BCUT2D eigenvalue weighted by atomic mass is 10.1. The lowest BCUT2D eigenvalue weighted by molar-refractivity contribution is -0.129. The van der Waals surface area contributed by atoms with Crippen molar-refractivity contribution < 1.29 is 4.79 Å². The second-order valence-electron chi connectivity index (χ2n) is 5.09. The first-order valence-corrected chi connectivity index (χ1v) is 6.81. The molecule has 19 heavy (non-hydrogen) atoms. The molecule has 2 aliphatic rings. The molecule has 1 aromatic heterocycles. The van der Waals surface area contributed by atoms with Crippen LogP contribution in [0.2, 0.25) is 0 Å². The van der Waals surface area contributed by atoms with Gasteiger partial charge in [-0.25, -0.2) is 0 Å². The molecule has 2 aliphatic heterocycles. The van der Waals surface area contributed by atoms with Gasteiger partial charge >= 0.3 is 0 Å². The number of carbonyl (C=O) groups excluding carboxylic acids is 1. The van der Waals surface area contributed by atoms with Gasteiger partial charge in [-0.15, -0.1) is 5.10 Å². The minimum atomic E-state index is 0.153. The number of hydrogen-bond donors (Lipinski definition) is 1. The maximum Gasteiger partial charge on any atom is 0.219 e. The molecule has 1 aromatic rings. The first-order valence-electron chi connectivity index (χ1n) is 6.81. The second kappa shape index (κ2) is 5.13. The van der Waals surface area contributed by atoms with Crippen molar-refractivity contribution in [2.75, 3.05) is 37.6 Å². The Morgan fingerprint density at radius 2 is 2.05 bits per heavy atom. The van der Waals surface area contributed by atoms with Crippen molar-refractivity contribution in [2.24, 2.45) is 0 Å². The molecule has 6 nitrogen and oxygen atoms in total. The highest BCUT2D eigenvalue weighted by Crippen LogP contribution is 2.18. The Labute approximate surface area is 112 Å².